The Hall–Kier alpha value is 0.380. The zero-order valence-electron chi connectivity index (χ0n) is 7.53. The van der Waals surface area contributed by atoms with Gasteiger partial charge in [0.05, 0.1) is 6.61 Å². The third kappa shape index (κ3) is 8.28. The fraction of sp³-hybridized carbons (Fsp3) is 0.750. The van der Waals surface area contributed by atoms with Gasteiger partial charge in [0.1, 0.15) is 0 Å². The van der Waals surface area contributed by atoms with Gasteiger partial charge >= 0.3 is 39.9 Å². The first-order valence-electron chi connectivity index (χ1n) is 2.72. The van der Waals surface area contributed by atoms with E-state index in [0.717, 1.165) is 0 Å². The standard InChI is InChI=1S/C4H9NO4S.Na.H/c1-2-3-9-10(7,8)5-4-6;;/h4H,2-3H2,1H3,(H,5,6);;/q;+1;-1. The van der Waals surface area contributed by atoms with E-state index < -0.39 is 10.3 Å². The molecule has 5 nitrogen and oxygen atoms in total. The van der Waals surface area contributed by atoms with E-state index in [-0.39, 0.29) is 44.0 Å². The Balaban J connectivity index is -0.000000405. The fourth-order valence-electron chi connectivity index (χ4n) is 0.286. The third-order valence-electron chi connectivity index (χ3n) is 0.635. The van der Waals surface area contributed by atoms with E-state index in [1.54, 1.807) is 6.92 Å². The van der Waals surface area contributed by atoms with Gasteiger partial charge in [-0.05, 0) is 6.42 Å². The first-order chi connectivity index (χ1) is 4.62. The number of carbonyl (C=O) groups is 1. The molecule has 0 rings (SSSR count). The Kier molecular flexibility index (Phi) is 8.93. The molecule has 0 radical (unpaired) electrons. The molecule has 0 fully saturated rings. The molecule has 1 amide bonds. The first-order valence-corrected chi connectivity index (χ1v) is 4.13. The summed E-state index contributed by atoms with van der Waals surface area (Å²) in [6, 6.07) is 0. The Bertz CT molecular complexity index is 195. The molecule has 0 aromatic carbocycles. The second-order valence-corrected chi connectivity index (χ2v) is 2.89. The van der Waals surface area contributed by atoms with E-state index in [9.17, 15) is 13.2 Å². The van der Waals surface area contributed by atoms with E-state index in [4.69, 9.17) is 0 Å². The van der Waals surface area contributed by atoms with Crippen molar-refractivity contribution in [3.05, 3.63) is 0 Å². The van der Waals surface area contributed by atoms with E-state index >= 15 is 0 Å². The van der Waals surface area contributed by atoms with Crippen LogP contribution < -0.4 is 34.3 Å². The van der Waals surface area contributed by atoms with Crippen LogP contribution in [0, 0.1) is 0 Å². The van der Waals surface area contributed by atoms with Crippen molar-refractivity contribution in [3.63, 3.8) is 0 Å². The average Bonchev–Trinajstić information content (AvgIpc) is 1.84. The molecule has 7 heteroatoms. The van der Waals surface area contributed by atoms with Crippen LogP contribution in [0.15, 0.2) is 0 Å². The number of hydrogen-bond donors (Lipinski definition) is 1. The second kappa shape index (κ2) is 7.05. The van der Waals surface area contributed by atoms with Crippen LogP contribution in [-0.4, -0.2) is 21.4 Å². The monoisotopic (exact) mass is 191 g/mol. The summed E-state index contributed by atoms with van der Waals surface area (Å²) in [4.78, 5) is 9.61. The van der Waals surface area contributed by atoms with Crippen LogP contribution in [0.1, 0.15) is 14.8 Å². The van der Waals surface area contributed by atoms with Crippen molar-refractivity contribution in [2.24, 2.45) is 0 Å². The molecule has 0 saturated carbocycles. The number of nitrogens with one attached hydrogen (secondary N) is 1. The molecule has 0 aliphatic heterocycles. The van der Waals surface area contributed by atoms with Crippen LogP contribution in [0.5, 0.6) is 0 Å². The second-order valence-electron chi connectivity index (χ2n) is 1.51. The zero-order valence-corrected chi connectivity index (χ0v) is 9.35. The minimum Gasteiger partial charge on any atom is -1.00 e. The summed E-state index contributed by atoms with van der Waals surface area (Å²) in [6.07, 6.45) is 0.644. The maximum absolute atomic E-state index is 10.4. The van der Waals surface area contributed by atoms with Gasteiger partial charge in [-0.3, -0.25) is 8.98 Å². The van der Waals surface area contributed by atoms with E-state index in [2.05, 4.69) is 4.18 Å². The molecule has 11 heavy (non-hydrogen) atoms. The summed E-state index contributed by atoms with van der Waals surface area (Å²) in [6.45, 7) is 1.85. The molecular formula is C4H10NNaO4S. The van der Waals surface area contributed by atoms with Crippen molar-refractivity contribution in [1.82, 2.24) is 4.72 Å². The Morgan fingerprint density at radius 3 is 2.55 bits per heavy atom. The van der Waals surface area contributed by atoms with Gasteiger partial charge in [-0.2, -0.15) is 8.42 Å². The van der Waals surface area contributed by atoms with Crippen LogP contribution in [0.2, 0.25) is 0 Å². The van der Waals surface area contributed by atoms with Crippen LogP contribution in [0.3, 0.4) is 0 Å². The molecule has 1 N–H and O–H groups in total. The summed E-state index contributed by atoms with van der Waals surface area (Å²) in [7, 11) is -3.81. The Labute approximate surface area is 89.5 Å². The molecule has 0 aliphatic rings. The predicted octanol–water partition coefficient (Wildman–Crippen LogP) is -3.48. The molecule has 0 heterocycles. The maximum Gasteiger partial charge on any atom is 1.00 e. The molecule has 0 spiro atoms. The zero-order chi connectivity index (χ0) is 8.04. The van der Waals surface area contributed by atoms with E-state index in [1.165, 1.54) is 4.72 Å². The topological polar surface area (TPSA) is 72.5 Å². The van der Waals surface area contributed by atoms with Crippen molar-refractivity contribution >= 4 is 16.7 Å². The average molecular weight is 191 g/mol. The number of amides is 1. The van der Waals surface area contributed by atoms with E-state index in [1.807, 2.05) is 0 Å². The van der Waals surface area contributed by atoms with Crippen molar-refractivity contribution in [3.8, 4) is 0 Å². The molecule has 0 saturated heterocycles. The summed E-state index contributed by atoms with van der Waals surface area (Å²) < 4.78 is 26.6. The quantitative estimate of drug-likeness (QED) is 0.362. The van der Waals surface area contributed by atoms with Gasteiger partial charge in [0.2, 0.25) is 6.41 Å². The summed E-state index contributed by atoms with van der Waals surface area (Å²) >= 11 is 0. The van der Waals surface area contributed by atoms with Gasteiger partial charge in [-0.15, -0.1) is 0 Å². The van der Waals surface area contributed by atoms with Crippen molar-refractivity contribution in [2.45, 2.75) is 13.3 Å². The fourth-order valence-corrected chi connectivity index (χ4v) is 0.858. The Morgan fingerprint density at radius 2 is 2.18 bits per heavy atom. The molecule has 0 atom stereocenters. The van der Waals surface area contributed by atoms with Gasteiger partial charge in [-0.1, -0.05) is 6.92 Å². The summed E-state index contributed by atoms with van der Waals surface area (Å²) in [5.41, 5.74) is 0. The minimum atomic E-state index is -3.81. The Morgan fingerprint density at radius 1 is 1.64 bits per heavy atom. The maximum atomic E-state index is 10.4. The van der Waals surface area contributed by atoms with Gasteiger partial charge in [0, 0.05) is 0 Å². The smallest absolute Gasteiger partial charge is 1.00 e. The summed E-state index contributed by atoms with van der Waals surface area (Å²) in [5.74, 6) is 0. The molecule has 0 unspecified atom stereocenters. The molecule has 0 aromatic rings. The van der Waals surface area contributed by atoms with E-state index in [0.29, 0.717) is 6.42 Å². The largest absolute Gasteiger partial charge is 1.00 e. The normalized spacial score (nSPS) is 9.91. The van der Waals surface area contributed by atoms with Crippen LogP contribution in [-0.2, 0) is 19.3 Å². The van der Waals surface area contributed by atoms with Crippen LogP contribution in [0.4, 0.5) is 0 Å². The number of carbonyl (C=O) groups excluding carboxylic acids is 1. The van der Waals surface area contributed by atoms with Crippen LogP contribution in [0.25, 0.3) is 0 Å². The van der Waals surface area contributed by atoms with Crippen molar-refractivity contribution < 1.29 is 48.4 Å². The van der Waals surface area contributed by atoms with Gasteiger partial charge < -0.3 is 1.43 Å². The first kappa shape index (κ1) is 13.9. The minimum absolute atomic E-state index is 0. The SMILES string of the molecule is CCCOS(=O)(=O)NC=O.[H-].[Na+]. The number of hydrogen-bond acceptors (Lipinski definition) is 4. The number of rotatable bonds is 5. The van der Waals surface area contributed by atoms with Gasteiger partial charge in [0.25, 0.3) is 0 Å². The molecule has 62 valence electrons. The third-order valence-corrected chi connectivity index (χ3v) is 1.50. The molecule has 0 bridgehead atoms. The van der Waals surface area contributed by atoms with Gasteiger partial charge in [0.15, 0.2) is 0 Å². The molecular weight excluding hydrogens is 181 g/mol. The van der Waals surface area contributed by atoms with Crippen molar-refractivity contribution in [1.29, 1.82) is 0 Å². The van der Waals surface area contributed by atoms with Crippen molar-refractivity contribution in [2.75, 3.05) is 6.61 Å². The molecule has 0 aromatic heterocycles. The summed E-state index contributed by atoms with van der Waals surface area (Å²) in [5, 5.41) is 0. The predicted molar refractivity (Wildman–Crippen MR) is 35.5 cm³/mol. The molecule has 0 aliphatic carbocycles. The van der Waals surface area contributed by atoms with Gasteiger partial charge in [-0.25, -0.2) is 4.72 Å². The van der Waals surface area contributed by atoms with Crippen LogP contribution >= 0.6 is 0 Å².